The Labute approximate surface area is 145 Å². The summed E-state index contributed by atoms with van der Waals surface area (Å²) in [5.74, 6) is 0.142. The zero-order chi connectivity index (χ0) is 17.6. The van der Waals surface area contributed by atoms with E-state index in [1.165, 1.54) is 0 Å². The lowest BCUT2D eigenvalue weighted by molar-refractivity contribution is -0.129. The Hall–Kier alpha value is -3.12. The van der Waals surface area contributed by atoms with Crippen LogP contribution < -0.4 is 10.1 Å². The SMILES string of the molecule is COc1cccc(C(O)C(=O)NCc2ccc(-n3cccn3)cc2)c1. The molecule has 0 saturated carbocycles. The number of hydrogen-bond acceptors (Lipinski definition) is 4. The summed E-state index contributed by atoms with van der Waals surface area (Å²) in [5, 5.41) is 17.1. The molecule has 6 nitrogen and oxygen atoms in total. The number of nitrogens with zero attached hydrogens (tertiary/aromatic N) is 2. The zero-order valence-corrected chi connectivity index (χ0v) is 13.8. The standard InChI is InChI=1S/C19H19N3O3/c1-25-17-5-2-4-15(12-17)18(23)19(24)20-13-14-6-8-16(9-7-14)22-11-3-10-21-22/h2-12,18,23H,13H2,1H3,(H,20,24). The van der Waals surface area contributed by atoms with Gasteiger partial charge in [0.2, 0.25) is 0 Å². The van der Waals surface area contributed by atoms with Crippen molar-refractivity contribution in [3.8, 4) is 11.4 Å². The van der Waals surface area contributed by atoms with Crippen molar-refractivity contribution in [3.05, 3.63) is 78.1 Å². The molecule has 0 spiro atoms. The highest BCUT2D eigenvalue weighted by molar-refractivity contribution is 5.82. The smallest absolute Gasteiger partial charge is 0.253 e. The van der Waals surface area contributed by atoms with Gasteiger partial charge in [0.05, 0.1) is 12.8 Å². The molecule has 3 aromatic rings. The van der Waals surface area contributed by atoms with Gasteiger partial charge in [-0.1, -0.05) is 24.3 Å². The number of carbonyl (C=O) groups is 1. The lowest BCUT2D eigenvalue weighted by Gasteiger charge is -2.13. The van der Waals surface area contributed by atoms with Gasteiger partial charge in [0.1, 0.15) is 5.75 Å². The Morgan fingerprint density at radius 2 is 2.04 bits per heavy atom. The molecule has 1 heterocycles. The fourth-order valence-electron chi connectivity index (χ4n) is 2.44. The molecular weight excluding hydrogens is 318 g/mol. The van der Waals surface area contributed by atoms with Gasteiger partial charge in [-0.05, 0) is 41.5 Å². The van der Waals surface area contributed by atoms with Crippen LogP contribution in [0.15, 0.2) is 67.0 Å². The third kappa shape index (κ3) is 4.05. The van der Waals surface area contributed by atoms with Crippen LogP contribution in [-0.2, 0) is 11.3 Å². The summed E-state index contributed by atoms with van der Waals surface area (Å²) in [6.07, 6.45) is 2.34. The molecule has 0 fully saturated rings. The Kier molecular flexibility index (Phi) is 5.11. The number of ether oxygens (including phenoxy) is 1. The average molecular weight is 337 g/mol. The number of rotatable bonds is 6. The molecule has 0 bridgehead atoms. The number of carbonyl (C=O) groups excluding carboxylic acids is 1. The Bertz CT molecular complexity index is 829. The molecule has 2 aromatic carbocycles. The third-order valence-electron chi connectivity index (χ3n) is 3.83. The van der Waals surface area contributed by atoms with E-state index in [9.17, 15) is 9.90 Å². The number of amides is 1. The second-order valence-electron chi connectivity index (χ2n) is 5.51. The van der Waals surface area contributed by atoms with Crippen molar-refractivity contribution in [1.82, 2.24) is 15.1 Å². The van der Waals surface area contributed by atoms with E-state index in [0.29, 0.717) is 17.9 Å². The number of methoxy groups -OCH3 is 1. The number of aromatic nitrogens is 2. The van der Waals surface area contributed by atoms with E-state index in [0.717, 1.165) is 11.3 Å². The Morgan fingerprint density at radius 1 is 1.24 bits per heavy atom. The predicted molar refractivity (Wildman–Crippen MR) is 93.4 cm³/mol. The molecule has 1 aromatic heterocycles. The van der Waals surface area contributed by atoms with Crippen molar-refractivity contribution in [2.75, 3.05) is 7.11 Å². The zero-order valence-electron chi connectivity index (χ0n) is 13.8. The normalized spacial score (nSPS) is 11.8. The fourth-order valence-corrected chi connectivity index (χ4v) is 2.44. The molecule has 6 heteroatoms. The van der Waals surface area contributed by atoms with Crippen molar-refractivity contribution in [2.24, 2.45) is 0 Å². The average Bonchev–Trinajstić information content (AvgIpc) is 3.20. The van der Waals surface area contributed by atoms with Gasteiger partial charge in [-0.25, -0.2) is 4.68 Å². The minimum absolute atomic E-state index is 0.333. The molecule has 1 unspecified atom stereocenters. The predicted octanol–water partition coefficient (Wildman–Crippen LogP) is 2.23. The van der Waals surface area contributed by atoms with E-state index in [-0.39, 0.29) is 0 Å². The summed E-state index contributed by atoms with van der Waals surface area (Å²) in [6, 6.07) is 16.3. The number of benzene rings is 2. The first-order valence-corrected chi connectivity index (χ1v) is 7.86. The number of nitrogens with one attached hydrogen (secondary N) is 1. The largest absolute Gasteiger partial charge is 0.497 e. The van der Waals surface area contributed by atoms with E-state index in [4.69, 9.17) is 4.74 Å². The van der Waals surface area contributed by atoms with Crippen molar-refractivity contribution in [1.29, 1.82) is 0 Å². The molecule has 25 heavy (non-hydrogen) atoms. The van der Waals surface area contributed by atoms with Crippen LogP contribution in [0.4, 0.5) is 0 Å². The maximum atomic E-state index is 12.2. The van der Waals surface area contributed by atoms with Gasteiger partial charge >= 0.3 is 0 Å². The third-order valence-corrected chi connectivity index (χ3v) is 3.83. The molecule has 128 valence electrons. The van der Waals surface area contributed by atoms with Crippen LogP contribution in [0.3, 0.4) is 0 Å². The molecule has 1 amide bonds. The van der Waals surface area contributed by atoms with E-state index >= 15 is 0 Å². The Morgan fingerprint density at radius 3 is 2.72 bits per heavy atom. The molecule has 1 atom stereocenters. The summed E-state index contributed by atoms with van der Waals surface area (Å²) >= 11 is 0. The van der Waals surface area contributed by atoms with Gasteiger partial charge in [0, 0.05) is 18.9 Å². The van der Waals surface area contributed by atoms with Gasteiger partial charge in [-0.3, -0.25) is 4.79 Å². The van der Waals surface area contributed by atoms with Crippen molar-refractivity contribution in [3.63, 3.8) is 0 Å². The maximum Gasteiger partial charge on any atom is 0.253 e. The van der Waals surface area contributed by atoms with Gasteiger partial charge < -0.3 is 15.2 Å². The molecule has 0 aliphatic carbocycles. The number of aliphatic hydroxyl groups is 1. The maximum absolute atomic E-state index is 12.2. The summed E-state index contributed by atoms with van der Waals surface area (Å²) in [6.45, 7) is 0.333. The van der Waals surface area contributed by atoms with Gasteiger partial charge in [-0.2, -0.15) is 5.10 Å². The fraction of sp³-hybridized carbons (Fsp3) is 0.158. The van der Waals surface area contributed by atoms with Crippen LogP contribution in [0, 0.1) is 0 Å². The minimum atomic E-state index is -1.24. The Balaban J connectivity index is 1.59. The first-order valence-electron chi connectivity index (χ1n) is 7.86. The highest BCUT2D eigenvalue weighted by Gasteiger charge is 2.17. The van der Waals surface area contributed by atoms with Crippen LogP contribution in [0.2, 0.25) is 0 Å². The van der Waals surface area contributed by atoms with Crippen LogP contribution in [0.25, 0.3) is 5.69 Å². The minimum Gasteiger partial charge on any atom is -0.497 e. The summed E-state index contributed by atoms with van der Waals surface area (Å²) in [4.78, 5) is 12.2. The lowest BCUT2D eigenvalue weighted by Crippen LogP contribution is -2.28. The van der Waals surface area contributed by atoms with Crippen LogP contribution in [0.5, 0.6) is 5.75 Å². The number of hydrogen-bond donors (Lipinski definition) is 2. The van der Waals surface area contributed by atoms with Crippen LogP contribution >= 0.6 is 0 Å². The van der Waals surface area contributed by atoms with E-state index in [1.807, 2.05) is 36.5 Å². The van der Waals surface area contributed by atoms with Crippen LogP contribution in [-0.4, -0.2) is 27.9 Å². The summed E-state index contributed by atoms with van der Waals surface area (Å²) in [7, 11) is 1.54. The van der Waals surface area contributed by atoms with Crippen molar-refractivity contribution >= 4 is 5.91 Å². The molecular formula is C19H19N3O3. The number of aliphatic hydroxyl groups excluding tert-OH is 1. The lowest BCUT2D eigenvalue weighted by atomic mass is 10.1. The highest BCUT2D eigenvalue weighted by Crippen LogP contribution is 2.19. The van der Waals surface area contributed by atoms with E-state index in [2.05, 4.69) is 10.4 Å². The monoisotopic (exact) mass is 337 g/mol. The summed E-state index contributed by atoms with van der Waals surface area (Å²) < 4.78 is 6.86. The topological polar surface area (TPSA) is 76.4 Å². The quantitative estimate of drug-likeness (QED) is 0.723. The molecule has 0 radical (unpaired) electrons. The van der Waals surface area contributed by atoms with Gasteiger partial charge in [-0.15, -0.1) is 0 Å². The van der Waals surface area contributed by atoms with Crippen molar-refractivity contribution in [2.45, 2.75) is 12.6 Å². The molecule has 0 saturated heterocycles. The van der Waals surface area contributed by atoms with Crippen molar-refractivity contribution < 1.29 is 14.6 Å². The van der Waals surface area contributed by atoms with Gasteiger partial charge in [0.15, 0.2) is 6.10 Å². The summed E-state index contributed by atoms with van der Waals surface area (Å²) in [5.41, 5.74) is 2.37. The first kappa shape index (κ1) is 16.7. The molecule has 0 aliphatic heterocycles. The second-order valence-corrected chi connectivity index (χ2v) is 5.51. The highest BCUT2D eigenvalue weighted by atomic mass is 16.5. The first-order chi connectivity index (χ1) is 12.2. The van der Waals surface area contributed by atoms with Crippen LogP contribution in [0.1, 0.15) is 17.2 Å². The van der Waals surface area contributed by atoms with E-state index < -0.39 is 12.0 Å². The van der Waals surface area contributed by atoms with Gasteiger partial charge in [0.25, 0.3) is 5.91 Å². The second kappa shape index (κ2) is 7.63. The molecule has 0 aliphatic rings. The van der Waals surface area contributed by atoms with E-state index in [1.54, 1.807) is 42.3 Å². The molecule has 2 N–H and O–H groups in total. The molecule has 3 rings (SSSR count).